The number of piperazine rings is 1. The lowest BCUT2D eigenvalue weighted by Crippen LogP contribution is -2.56. The van der Waals surface area contributed by atoms with E-state index in [4.69, 9.17) is 0 Å². The summed E-state index contributed by atoms with van der Waals surface area (Å²) in [7, 11) is 2.18. The molecule has 4 nitrogen and oxygen atoms in total. The van der Waals surface area contributed by atoms with Crippen molar-refractivity contribution in [3.8, 4) is 6.07 Å². The minimum absolute atomic E-state index is 0.406. The Balaban J connectivity index is 2.59. The minimum Gasteiger partial charge on any atom is -0.304 e. The maximum atomic E-state index is 9.33. The van der Waals surface area contributed by atoms with Crippen molar-refractivity contribution < 1.29 is 0 Å². The average Bonchev–Trinajstić information content (AvgIpc) is 2.28. The highest BCUT2D eigenvalue weighted by Crippen LogP contribution is 2.20. The normalized spacial score (nSPS) is 27.4. The van der Waals surface area contributed by atoms with E-state index < -0.39 is 5.54 Å². The Labute approximate surface area is 112 Å². The van der Waals surface area contributed by atoms with E-state index in [0.717, 1.165) is 32.6 Å². The van der Waals surface area contributed by atoms with Crippen LogP contribution in [0.3, 0.4) is 0 Å². The van der Waals surface area contributed by atoms with Gasteiger partial charge in [0.1, 0.15) is 5.54 Å². The molecule has 3 atom stereocenters. The van der Waals surface area contributed by atoms with Crippen molar-refractivity contribution in [1.82, 2.24) is 15.1 Å². The monoisotopic (exact) mass is 252 g/mol. The molecule has 0 saturated carbocycles. The van der Waals surface area contributed by atoms with Crippen molar-refractivity contribution in [2.45, 2.75) is 51.7 Å². The molecule has 0 spiro atoms. The highest BCUT2D eigenvalue weighted by molar-refractivity contribution is 5.05. The van der Waals surface area contributed by atoms with Crippen LogP contribution in [0.25, 0.3) is 0 Å². The molecule has 0 aliphatic carbocycles. The molecule has 1 aliphatic rings. The summed E-state index contributed by atoms with van der Waals surface area (Å²) in [4.78, 5) is 4.91. The molecule has 1 aliphatic heterocycles. The summed E-state index contributed by atoms with van der Waals surface area (Å²) >= 11 is 0. The fourth-order valence-electron chi connectivity index (χ4n) is 3.06. The van der Waals surface area contributed by atoms with Crippen LogP contribution in [-0.2, 0) is 0 Å². The van der Waals surface area contributed by atoms with Gasteiger partial charge in [0.25, 0.3) is 0 Å². The SMILES string of the molecule is CCNC(C)(C#N)CC(C)N1CCN(C)CC1C. The summed E-state index contributed by atoms with van der Waals surface area (Å²) in [5.41, 5.74) is -0.406. The van der Waals surface area contributed by atoms with Gasteiger partial charge < -0.3 is 4.90 Å². The van der Waals surface area contributed by atoms with E-state index >= 15 is 0 Å². The quantitative estimate of drug-likeness (QED) is 0.801. The number of hydrogen-bond donors (Lipinski definition) is 1. The van der Waals surface area contributed by atoms with Crippen LogP contribution < -0.4 is 5.32 Å². The molecule has 0 radical (unpaired) electrons. The standard InChI is InChI=1S/C14H28N4/c1-6-16-14(4,11-15)9-12(2)18-8-7-17(5)10-13(18)3/h12-13,16H,6-10H2,1-5H3. The molecular weight excluding hydrogens is 224 g/mol. The second kappa shape index (κ2) is 6.51. The van der Waals surface area contributed by atoms with Crippen LogP contribution in [0, 0.1) is 11.3 Å². The molecule has 0 bridgehead atoms. The summed E-state index contributed by atoms with van der Waals surface area (Å²) in [6, 6.07) is 3.44. The number of likely N-dealkylation sites (N-methyl/N-ethyl adjacent to an activating group) is 1. The van der Waals surface area contributed by atoms with Crippen LogP contribution in [-0.4, -0.2) is 60.6 Å². The molecule has 1 heterocycles. The molecule has 0 aromatic rings. The largest absolute Gasteiger partial charge is 0.304 e. The van der Waals surface area contributed by atoms with E-state index in [1.807, 2.05) is 6.92 Å². The summed E-state index contributed by atoms with van der Waals surface area (Å²) < 4.78 is 0. The van der Waals surface area contributed by atoms with Gasteiger partial charge in [0.15, 0.2) is 0 Å². The molecule has 0 aromatic heterocycles. The number of hydrogen-bond acceptors (Lipinski definition) is 4. The third-order valence-electron chi connectivity index (χ3n) is 3.97. The molecule has 1 fully saturated rings. The van der Waals surface area contributed by atoms with E-state index in [-0.39, 0.29) is 0 Å². The lowest BCUT2D eigenvalue weighted by molar-refractivity contribution is 0.0572. The van der Waals surface area contributed by atoms with E-state index in [1.54, 1.807) is 0 Å². The first kappa shape index (κ1) is 15.4. The van der Waals surface area contributed by atoms with Gasteiger partial charge in [-0.15, -0.1) is 0 Å². The Bertz CT molecular complexity index is 299. The maximum Gasteiger partial charge on any atom is 0.105 e. The molecule has 4 heteroatoms. The molecular formula is C14H28N4. The molecule has 1 rings (SSSR count). The Hall–Kier alpha value is -0.630. The Morgan fingerprint density at radius 1 is 1.50 bits per heavy atom. The third-order valence-corrected chi connectivity index (χ3v) is 3.97. The van der Waals surface area contributed by atoms with Gasteiger partial charge in [-0.2, -0.15) is 5.26 Å². The van der Waals surface area contributed by atoms with Gasteiger partial charge in [-0.1, -0.05) is 6.92 Å². The first-order chi connectivity index (χ1) is 8.41. The zero-order chi connectivity index (χ0) is 13.8. The Kier molecular flexibility index (Phi) is 5.58. The molecule has 3 unspecified atom stereocenters. The van der Waals surface area contributed by atoms with Crippen molar-refractivity contribution in [2.24, 2.45) is 0 Å². The smallest absolute Gasteiger partial charge is 0.105 e. The van der Waals surface area contributed by atoms with Gasteiger partial charge in [0, 0.05) is 31.7 Å². The molecule has 0 amide bonds. The van der Waals surface area contributed by atoms with Gasteiger partial charge >= 0.3 is 0 Å². The second-order valence-corrected chi connectivity index (χ2v) is 5.88. The highest BCUT2D eigenvalue weighted by atomic mass is 15.3. The second-order valence-electron chi connectivity index (χ2n) is 5.88. The first-order valence-electron chi connectivity index (χ1n) is 7.02. The fraction of sp³-hybridized carbons (Fsp3) is 0.929. The Morgan fingerprint density at radius 2 is 2.17 bits per heavy atom. The fourth-order valence-corrected chi connectivity index (χ4v) is 3.06. The minimum atomic E-state index is -0.406. The summed E-state index contributed by atoms with van der Waals surface area (Å²) in [5.74, 6) is 0. The van der Waals surface area contributed by atoms with Crippen LogP contribution in [0.15, 0.2) is 0 Å². The summed E-state index contributed by atoms with van der Waals surface area (Å²) in [6.45, 7) is 12.8. The molecule has 1 saturated heterocycles. The predicted octanol–water partition coefficient (Wildman–Crippen LogP) is 1.29. The average molecular weight is 252 g/mol. The lowest BCUT2D eigenvalue weighted by Gasteiger charge is -2.43. The van der Waals surface area contributed by atoms with Gasteiger partial charge in [0.2, 0.25) is 0 Å². The molecule has 104 valence electrons. The predicted molar refractivity (Wildman–Crippen MR) is 75.4 cm³/mol. The lowest BCUT2D eigenvalue weighted by atomic mass is 9.93. The van der Waals surface area contributed by atoms with Crippen LogP contribution in [0.2, 0.25) is 0 Å². The summed E-state index contributed by atoms with van der Waals surface area (Å²) in [6.07, 6.45) is 0.880. The van der Waals surface area contributed by atoms with E-state index in [2.05, 4.69) is 49.0 Å². The van der Waals surface area contributed by atoms with Crippen LogP contribution in [0.1, 0.15) is 34.1 Å². The van der Waals surface area contributed by atoms with Crippen molar-refractivity contribution in [3.05, 3.63) is 0 Å². The third kappa shape index (κ3) is 3.94. The van der Waals surface area contributed by atoms with Crippen molar-refractivity contribution in [3.63, 3.8) is 0 Å². The van der Waals surface area contributed by atoms with Crippen molar-refractivity contribution in [2.75, 3.05) is 33.2 Å². The zero-order valence-electron chi connectivity index (χ0n) is 12.5. The number of nitrogens with one attached hydrogen (secondary N) is 1. The van der Waals surface area contributed by atoms with Gasteiger partial charge in [0.05, 0.1) is 6.07 Å². The molecule has 1 N–H and O–H groups in total. The number of rotatable bonds is 5. The van der Waals surface area contributed by atoms with Crippen molar-refractivity contribution in [1.29, 1.82) is 5.26 Å². The molecule has 0 aromatic carbocycles. The number of nitriles is 1. The molecule has 18 heavy (non-hydrogen) atoms. The van der Waals surface area contributed by atoms with Crippen molar-refractivity contribution >= 4 is 0 Å². The van der Waals surface area contributed by atoms with E-state index in [0.29, 0.717) is 12.1 Å². The highest BCUT2D eigenvalue weighted by Gasteiger charge is 2.31. The van der Waals surface area contributed by atoms with Gasteiger partial charge in [-0.25, -0.2) is 0 Å². The maximum absolute atomic E-state index is 9.33. The Morgan fingerprint density at radius 3 is 2.67 bits per heavy atom. The first-order valence-corrected chi connectivity index (χ1v) is 7.02. The van der Waals surface area contributed by atoms with Gasteiger partial charge in [-0.3, -0.25) is 10.2 Å². The number of nitrogens with zero attached hydrogens (tertiary/aromatic N) is 3. The van der Waals surface area contributed by atoms with E-state index in [1.165, 1.54) is 0 Å². The van der Waals surface area contributed by atoms with Crippen LogP contribution >= 0.6 is 0 Å². The topological polar surface area (TPSA) is 42.3 Å². The van der Waals surface area contributed by atoms with Gasteiger partial charge in [-0.05, 0) is 40.8 Å². The van der Waals surface area contributed by atoms with Crippen LogP contribution in [0.4, 0.5) is 0 Å². The zero-order valence-corrected chi connectivity index (χ0v) is 12.5. The van der Waals surface area contributed by atoms with Crippen LogP contribution in [0.5, 0.6) is 0 Å². The van der Waals surface area contributed by atoms with E-state index in [9.17, 15) is 5.26 Å². The summed E-state index contributed by atoms with van der Waals surface area (Å²) in [5, 5.41) is 12.6.